The summed E-state index contributed by atoms with van der Waals surface area (Å²) >= 11 is 0. The molecular weight excluding hydrogens is 194 g/mol. The molecule has 0 aromatic heterocycles. The van der Waals surface area contributed by atoms with Gasteiger partial charge in [-0.2, -0.15) is 0 Å². The standard InChI is InChI=1S/C11H19NO3/c1-4-5-12-8(2)10(11(14)15-3)6-9(12)7-13/h7-10H,4-6H2,1-3H3. The summed E-state index contributed by atoms with van der Waals surface area (Å²) in [5.74, 6) is -0.357. The van der Waals surface area contributed by atoms with Crippen LogP contribution in [0.15, 0.2) is 0 Å². The molecule has 1 aliphatic heterocycles. The zero-order valence-electron chi connectivity index (χ0n) is 9.60. The molecule has 0 amide bonds. The van der Waals surface area contributed by atoms with E-state index in [1.807, 2.05) is 6.92 Å². The Bertz CT molecular complexity index is 242. The zero-order chi connectivity index (χ0) is 11.4. The number of carbonyl (C=O) groups excluding carboxylic acids is 2. The van der Waals surface area contributed by atoms with Gasteiger partial charge in [0.05, 0.1) is 19.1 Å². The molecule has 0 spiro atoms. The van der Waals surface area contributed by atoms with Crippen LogP contribution in [-0.4, -0.2) is 42.9 Å². The normalized spacial score (nSPS) is 31.5. The fourth-order valence-corrected chi connectivity index (χ4v) is 2.33. The molecular formula is C11H19NO3. The molecule has 1 heterocycles. The molecule has 0 radical (unpaired) electrons. The van der Waals surface area contributed by atoms with Gasteiger partial charge in [0.15, 0.2) is 0 Å². The van der Waals surface area contributed by atoms with E-state index in [4.69, 9.17) is 4.74 Å². The number of nitrogens with zero attached hydrogens (tertiary/aromatic N) is 1. The number of methoxy groups -OCH3 is 1. The fourth-order valence-electron chi connectivity index (χ4n) is 2.33. The summed E-state index contributed by atoms with van der Waals surface area (Å²) in [6.45, 7) is 4.92. The Morgan fingerprint density at radius 2 is 2.27 bits per heavy atom. The van der Waals surface area contributed by atoms with Crippen LogP contribution >= 0.6 is 0 Å². The second-order valence-corrected chi connectivity index (χ2v) is 4.05. The van der Waals surface area contributed by atoms with Gasteiger partial charge in [-0.25, -0.2) is 0 Å². The number of hydrogen-bond donors (Lipinski definition) is 0. The predicted octanol–water partition coefficient (Wildman–Crippen LogP) is 0.847. The Balaban J connectivity index is 2.73. The fraction of sp³-hybridized carbons (Fsp3) is 0.818. The van der Waals surface area contributed by atoms with E-state index in [-0.39, 0.29) is 24.0 Å². The lowest BCUT2D eigenvalue weighted by Crippen LogP contribution is -2.38. The Hall–Kier alpha value is -0.900. The van der Waals surface area contributed by atoms with E-state index in [1.165, 1.54) is 7.11 Å². The van der Waals surface area contributed by atoms with Crippen molar-refractivity contribution < 1.29 is 14.3 Å². The maximum atomic E-state index is 11.5. The predicted molar refractivity (Wildman–Crippen MR) is 56.4 cm³/mol. The molecule has 3 atom stereocenters. The lowest BCUT2D eigenvalue weighted by molar-refractivity contribution is -0.146. The van der Waals surface area contributed by atoms with Crippen LogP contribution in [0.5, 0.6) is 0 Å². The quantitative estimate of drug-likeness (QED) is 0.513. The van der Waals surface area contributed by atoms with Gasteiger partial charge in [0.1, 0.15) is 6.29 Å². The van der Waals surface area contributed by atoms with E-state index in [9.17, 15) is 9.59 Å². The molecule has 1 rings (SSSR count). The van der Waals surface area contributed by atoms with E-state index in [2.05, 4.69) is 11.8 Å². The molecule has 0 saturated carbocycles. The van der Waals surface area contributed by atoms with Crippen LogP contribution in [0.25, 0.3) is 0 Å². The summed E-state index contributed by atoms with van der Waals surface area (Å²) in [6.07, 6.45) is 2.52. The van der Waals surface area contributed by atoms with Crippen molar-refractivity contribution in [2.24, 2.45) is 5.92 Å². The summed E-state index contributed by atoms with van der Waals surface area (Å²) in [5, 5.41) is 0. The van der Waals surface area contributed by atoms with Crippen LogP contribution in [0, 0.1) is 5.92 Å². The third-order valence-electron chi connectivity index (χ3n) is 3.17. The minimum Gasteiger partial charge on any atom is -0.469 e. The first kappa shape index (κ1) is 12.2. The van der Waals surface area contributed by atoms with Gasteiger partial charge in [0.2, 0.25) is 0 Å². The van der Waals surface area contributed by atoms with Crippen molar-refractivity contribution in [3.63, 3.8) is 0 Å². The average molecular weight is 213 g/mol. The lowest BCUT2D eigenvalue weighted by atomic mass is 10.0. The maximum Gasteiger partial charge on any atom is 0.310 e. The Kier molecular flexibility index (Phi) is 4.27. The molecule has 0 N–H and O–H groups in total. The number of carbonyl (C=O) groups is 2. The van der Waals surface area contributed by atoms with Crippen LogP contribution in [0.4, 0.5) is 0 Å². The van der Waals surface area contributed by atoms with Crippen molar-refractivity contribution in [3.8, 4) is 0 Å². The van der Waals surface area contributed by atoms with Gasteiger partial charge in [0, 0.05) is 6.04 Å². The lowest BCUT2D eigenvalue weighted by Gasteiger charge is -2.25. The van der Waals surface area contributed by atoms with Crippen molar-refractivity contribution in [2.45, 2.75) is 38.8 Å². The van der Waals surface area contributed by atoms with Gasteiger partial charge in [-0.15, -0.1) is 0 Å². The van der Waals surface area contributed by atoms with Crippen molar-refractivity contribution in [1.82, 2.24) is 4.90 Å². The molecule has 15 heavy (non-hydrogen) atoms. The Morgan fingerprint density at radius 1 is 1.60 bits per heavy atom. The number of aldehydes is 1. The SMILES string of the molecule is CCCN1C(C=O)CC(C(=O)OC)C1C. The molecule has 4 nitrogen and oxygen atoms in total. The monoisotopic (exact) mass is 213 g/mol. The van der Waals surface area contributed by atoms with Crippen molar-refractivity contribution >= 4 is 12.3 Å². The molecule has 3 unspecified atom stereocenters. The van der Waals surface area contributed by atoms with Crippen LogP contribution < -0.4 is 0 Å². The van der Waals surface area contributed by atoms with Crippen LogP contribution in [-0.2, 0) is 14.3 Å². The second-order valence-electron chi connectivity index (χ2n) is 4.05. The largest absolute Gasteiger partial charge is 0.469 e. The number of esters is 1. The van der Waals surface area contributed by atoms with Crippen LogP contribution in [0.3, 0.4) is 0 Å². The second kappa shape index (κ2) is 5.26. The Morgan fingerprint density at radius 3 is 2.73 bits per heavy atom. The van der Waals surface area contributed by atoms with E-state index >= 15 is 0 Å². The first-order valence-corrected chi connectivity index (χ1v) is 5.44. The molecule has 1 saturated heterocycles. The molecule has 1 aliphatic rings. The molecule has 1 fully saturated rings. The zero-order valence-corrected chi connectivity index (χ0v) is 9.60. The number of rotatable bonds is 4. The van der Waals surface area contributed by atoms with Gasteiger partial charge >= 0.3 is 5.97 Å². The van der Waals surface area contributed by atoms with Gasteiger partial charge in [-0.05, 0) is 26.3 Å². The van der Waals surface area contributed by atoms with E-state index < -0.39 is 0 Å². The summed E-state index contributed by atoms with van der Waals surface area (Å²) in [7, 11) is 1.40. The van der Waals surface area contributed by atoms with Crippen molar-refractivity contribution in [1.29, 1.82) is 0 Å². The average Bonchev–Trinajstić information content (AvgIpc) is 2.56. The van der Waals surface area contributed by atoms with E-state index in [0.29, 0.717) is 6.42 Å². The van der Waals surface area contributed by atoms with Crippen molar-refractivity contribution in [2.75, 3.05) is 13.7 Å². The summed E-state index contributed by atoms with van der Waals surface area (Å²) in [4.78, 5) is 24.5. The highest BCUT2D eigenvalue weighted by atomic mass is 16.5. The Labute approximate surface area is 90.6 Å². The molecule has 4 heteroatoms. The van der Waals surface area contributed by atoms with Crippen molar-refractivity contribution in [3.05, 3.63) is 0 Å². The van der Waals surface area contributed by atoms with E-state index in [0.717, 1.165) is 19.3 Å². The summed E-state index contributed by atoms with van der Waals surface area (Å²) < 4.78 is 4.74. The molecule has 86 valence electrons. The summed E-state index contributed by atoms with van der Waals surface area (Å²) in [6, 6.07) is -0.0170. The first-order valence-electron chi connectivity index (χ1n) is 5.44. The topological polar surface area (TPSA) is 46.6 Å². The molecule has 0 aromatic rings. The smallest absolute Gasteiger partial charge is 0.310 e. The minimum absolute atomic E-state index is 0.104. The van der Waals surface area contributed by atoms with E-state index in [1.54, 1.807) is 0 Å². The third-order valence-corrected chi connectivity index (χ3v) is 3.17. The highest BCUT2D eigenvalue weighted by Gasteiger charge is 2.42. The number of likely N-dealkylation sites (tertiary alicyclic amines) is 1. The molecule has 0 bridgehead atoms. The van der Waals surface area contributed by atoms with Crippen LogP contribution in [0.1, 0.15) is 26.7 Å². The van der Waals surface area contributed by atoms with Gasteiger partial charge in [0.25, 0.3) is 0 Å². The van der Waals surface area contributed by atoms with Crippen LogP contribution in [0.2, 0.25) is 0 Å². The molecule has 0 aromatic carbocycles. The number of ether oxygens (including phenoxy) is 1. The van der Waals surface area contributed by atoms with Gasteiger partial charge in [-0.1, -0.05) is 6.92 Å². The third kappa shape index (κ3) is 2.37. The van der Waals surface area contributed by atoms with Gasteiger partial charge in [-0.3, -0.25) is 9.69 Å². The van der Waals surface area contributed by atoms with Gasteiger partial charge < -0.3 is 9.53 Å². The summed E-state index contributed by atoms with van der Waals surface area (Å²) in [5.41, 5.74) is 0. The maximum absolute atomic E-state index is 11.5. The minimum atomic E-state index is -0.201. The number of hydrogen-bond acceptors (Lipinski definition) is 4. The molecule has 0 aliphatic carbocycles. The highest BCUT2D eigenvalue weighted by Crippen LogP contribution is 2.29. The first-order chi connectivity index (χ1) is 7.15. The highest BCUT2D eigenvalue weighted by molar-refractivity contribution is 5.75.